The fourth-order valence-electron chi connectivity index (χ4n) is 4.19. The molecule has 0 aliphatic carbocycles. The number of nitrogens with two attached hydrogens (primary N) is 1. The molecule has 1 aromatic carbocycles. The van der Waals surface area contributed by atoms with Gasteiger partial charge >= 0.3 is 0 Å². The van der Waals surface area contributed by atoms with Crippen LogP contribution in [0.3, 0.4) is 0 Å². The summed E-state index contributed by atoms with van der Waals surface area (Å²) in [7, 11) is 0. The Morgan fingerprint density at radius 3 is 3.00 bits per heavy atom. The van der Waals surface area contributed by atoms with Crippen molar-refractivity contribution in [3.05, 3.63) is 54.3 Å². The van der Waals surface area contributed by atoms with Crippen LogP contribution >= 0.6 is 0 Å². The van der Waals surface area contributed by atoms with Gasteiger partial charge in [-0.15, -0.1) is 0 Å². The topological polar surface area (TPSA) is 115 Å². The van der Waals surface area contributed by atoms with E-state index in [0.29, 0.717) is 53.3 Å². The number of carbonyl (C=O) groups is 1. The van der Waals surface area contributed by atoms with Crippen molar-refractivity contribution >= 4 is 39.9 Å². The number of hydrogen-bond acceptors (Lipinski definition) is 7. The zero-order valence-corrected chi connectivity index (χ0v) is 18.5. The second-order valence-corrected chi connectivity index (χ2v) is 7.94. The minimum Gasteiger partial charge on any atom is -0.423 e. The normalized spacial score (nSPS) is 15.5. The molecule has 5 rings (SSSR count). The zero-order chi connectivity index (χ0) is 23.8. The Labute approximate surface area is 194 Å². The van der Waals surface area contributed by atoms with Crippen molar-refractivity contribution in [1.29, 1.82) is 0 Å². The van der Waals surface area contributed by atoms with Crippen molar-refractivity contribution in [2.24, 2.45) is 0 Å². The number of fused-ring (bicyclic) bond motifs is 2. The van der Waals surface area contributed by atoms with Gasteiger partial charge in [0.25, 0.3) is 6.01 Å². The number of amides is 1. The third-order valence-electron chi connectivity index (χ3n) is 5.82. The molecule has 1 aliphatic rings. The van der Waals surface area contributed by atoms with E-state index >= 15 is 0 Å². The smallest absolute Gasteiger partial charge is 0.295 e. The van der Waals surface area contributed by atoms with Crippen LogP contribution in [0.2, 0.25) is 0 Å². The number of likely N-dealkylation sites (tertiary alicyclic amines) is 1. The van der Waals surface area contributed by atoms with Crippen molar-refractivity contribution in [1.82, 2.24) is 24.4 Å². The van der Waals surface area contributed by atoms with E-state index in [4.69, 9.17) is 10.2 Å². The summed E-state index contributed by atoms with van der Waals surface area (Å²) in [4.78, 5) is 26.6. The van der Waals surface area contributed by atoms with Gasteiger partial charge in [-0.1, -0.05) is 18.4 Å². The monoisotopic (exact) mass is 459 g/mol. The molecule has 1 aliphatic heterocycles. The molecule has 1 amide bonds. The second-order valence-electron chi connectivity index (χ2n) is 7.94. The average Bonchev–Trinajstić information content (AvgIpc) is 3.54. The highest BCUT2D eigenvalue weighted by molar-refractivity contribution is 5.92. The van der Waals surface area contributed by atoms with Crippen molar-refractivity contribution in [2.75, 3.05) is 30.7 Å². The summed E-state index contributed by atoms with van der Waals surface area (Å²) in [6.07, 6.45) is 5.30. The first-order chi connectivity index (χ1) is 16.5. The molecule has 1 fully saturated rings. The molecule has 0 spiro atoms. The Balaban J connectivity index is 1.54. The molecule has 4 heterocycles. The number of rotatable bonds is 4. The number of nitrogens with one attached hydrogen (secondary N) is 1. The lowest BCUT2D eigenvalue weighted by molar-refractivity contribution is -0.125. The van der Waals surface area contributed by atoms with E-state index < -0.39 is 5.82 Å². The number of nitrogen functional groups attached to an aromatic ring is 1. The van der Waals surface area contributed by atoms with Gasteiger partial charge in [0.05, 0.1) is 22.6 Å². The second kappa shape index (κ2) is 8.51. The van der Waals surface area contributed by atoms with Crippen LogP contribution in [0, 0.1) is 17.7 Å². The summed E-state index contributed by atoms with van der Waals surface area (Å²) in [5.74, 6) is 5.59. The lowest BCUT2D eigenvalue weighted by Gasteiger charge is -2.15. The van der Waals surface area contributed by atoms with E-state index in [1.165, 1.54) is 18.5 Å². The molecule has 0 radical (unpaired) electrons. The summed E-state index contributed by atoms with van der Waals surface area (Å²) in [6.45, 7) is 7.26. The predicted octanol–water partition coefficient (Wildman–Crippen LogP) is 3.08. The number of anilines is 2. The van der Waals surface area contributed by atoms with Crippen molar-refractivity contribution in [2.45, 2.75) is 19.4 Å². The van der Waals surface area contributed by atoms with E-state index in [0.717, 1.165) is 6.42 Å². The van der Waals surface area contributed by atoms with Crippen LogP contribution in [-0.2, 0) is 4.79 Å². The SMILES string of the molecule is C=CC(=O)N1CCC(n2cc(C#Cc3cc4nc(NCC)oc4cc3F)c3c(N)ncnc32)C1. The third kappa shape index (κ3) is 3.71. The van der Waals surface area contributed by atoms with Gasteiger partial charge in [0.2, 0.25) is 5.91 Å². The first kappa shape index (κ1) is 21.5. The summed E-state index contributed by atoms with van der Waals surface area (Å²) in [5, 5.41) is 3.56. The van der Waals surface area contributed by atoms with Crippen LogP contribution < -0.4 is 11.1 Å². The maximum Gasteiger partial charge on any atom is 0.295 e. The van der Waals surface area contributed by atoms with Crippen LogP contribution in [0.5, 0.6) is 0 Å². The Hall–Kier alpha value is -4.39. The summed E-state index contributed by atoms with van der Waals surface area (Å²) in [5.41, 5.74) is 8.39. The van der Waals surface area contributed by atoms with Crippen LogP contribution in [0.1, 0.15) is 30.5 Å². The molecule has 172 valence electrons. The van der Waals surface area contributed by atoms with Gasteiger partial charge in [-0.3, -0.25) is 4.79 Å². The Bertz CT molecular complexity index is 1490. The van der Waals surface area contributed by atoms with E-state index in [-0.39, 0.29) is 23.3 Å². The average molecular weight is 459 g/mol. The number of benzene rings is 1. The largest absolute Gasteiger partial charge is 0.423 e. The number of halogens is 1. The fourth-order valence-corrected chi connectivity index (χ4v) is 4.19. The summed E-state index contributed by atoms with van der Waals surface area (Å²) in [6, 6.07) is 3.16. The van der Waals surface area contributed by atoms with Crippen LogP contribution in [-0.4, -0.2) is 50.0 Å². The predicted molar refractivity (Wildman–Crippen MR) is 126 cm³/mol. The van der Waals surface area contributed by atoms with Crippen LogP contribution in [0.25, 0.3) is 22.1 Å². The molecule has 0 saturated carbocycles. The van der Waals surface area contributed by atoms with E-state index in [2.05, 4.69) is 38.7 Å². The number of aromatic nitrogens is 4. The van der Waals surface area contributed by atoms with Gasteiger partial charge < -0.3 is 24.9 Å². The highest BCUT2D eigenvalue weighted by Gasteiger charge is 2.28. The van der Waals surface area contributed by atoms with E-state index in [9.17, 15) is 9.18 Å². The fraction of sp³-hybridized carbons (Fsp3) is 0.250. The minimum atomic E-state index is -0.512. The van der Waals surface area contributed by atoms with Gasteiger partial charge in [0.1, 0.15) is 29.1 Å². The molecule has 1 unspecified atom stereocenters. The molecule has 0 bridgehead atoms. The van der Waals surface area contributed by atoms with Crippen LogP contribution in [0.15, 0.2) is 41.7 Å². The lowest BCUT2D eigenvalue weighted by Crippen LogP contribution is -2.27. The molecule has 3 aromatic heterocycles. The first-order valence-corrected chi connectivity index (χ1v) is 10.9. The van der Waals surface area contributed by atoms with Gasteiger partial charge in [-0.25, -0.2) is 14.4 Å². The molecular formula is C24H22FN7O2. The highest BCUT2D eigenvalue weighted by Crippen LogP contribution is 2.31. The Morgan fingerprint density at radius 1 is 1.38 bits per heavy atom. The van der Waals surface area contributed by atoms with Crippen LogP contribution in [0.4, 0.5) is 16.2 Å². The Morgan fingerprint density at radius 2 is 2.21 bits per heavy atom. The molecule has 3 N–H and O–H groups in total. The van der Waals surface area contributed by atoms with E-state index in [1.807, 2.05) is 17.7 Å². The van der Waals surface area contributed by atoms with Gasteiger partial charge in [0, 0.05) is 31.9 Å². The first-order valence-electron chi connectivity index (χ1n) is 10.9. The maximum atomic E-state index is 14.7. The third-order valence-corrected chi connectivity index (χ3v) is 5.82. The molecule has 1 saturated heterocycles. The molecule has 1 atom stereocenters. The van der Waals surface area contributed by atoms with E-state index in [1.54, 1.807) is 11.0 Å². The van der Waals surface area contributed by atoms with Crippen molar-refractivity contribution < 1.29 is 13.6 Å². The Kier molecular flexibility index (Phi) is 5.37. The number of oxazole rings is 1. The standard InChI is InChI=1S/C24H22FN7O2/c1-3-20(33)31-8-7-16(12-31)32-11-15(21-22(26)28-13-29-23(21)32)6-5-14-9-18-19(10-17(14)25)34-24(30-18)27-4-2/h3,9-11,13,16H,1,4,7-8,12H2,2H3,(H,27,30)(H2,26,28,29). The number of hydrogen-bond donors (Lipinski definition) is 2. The van der Waals surface area contributed by atoms with Crippen molar-refractivity contribution in [3.8, 4) is 11.8 Å². The number of carbonyl (C=O) groups excluding carboxylic acids is 1. The van der Waals surface area contributed by atoms with Gasteiger partial charge in [-0.05, 0) is 25.5 Å². The molecule has 9 nitrogen and oxygen atoms in total. The number of nitrogens with zero attached hydrogens (tertiary/aromatic N) is 5. The molecular weight excluding hydrogens is 437 g/mol. The quantitative estimate of drug-likeness (QED) is 0.356. The van der Waals surface area contributed by atoms with Gasteiger partial charge in [0.15, 0.2) is 5.58 Å². The maximum absolute atomic E-state index is 14.7. The minimum absolute atomic E-state index is 0.00366. The summed E-state index contributed by atoms with van der Waals surface area (Å²) >= 11 is 0. The summed E-state index contributed by atoms with van der Waals surface area (Å²) < 4.78 is 22.2. The highest BCUT2D eigenvalue weighted by atomic mass is 19.1. The lowest BCUT2D eigenvalue weighted by atomic mass is 10.1. The zero-order valence-electron chi connectivity index (χ0n) is 18.5. The molecule has 10 heteroatoms. The van der Waals surface area contributed by atoms with Gasteiger partial charge in [-0.2, -0.15) is 4.98 Å². The molecule has 4 aromatic rings. The van der Waals surface area contributed by atoms with Crippen molar-refractivity contribution in [3.63, 3.8) is 0 Å². The molecule has 34 heavy (non-hydrogen) atoms.